The molecule has 0 radical (unpaired) electrons. The molecule has 1 aromatic rings. The Bertz CT molecular complexity index is 825. The molecule has 2 aliphatic rings. The summed E-state index contributed by atoms with van der Waals surface area (Å²) in [7, 11) is -2.44. The fourth-order valence-electron chi connectivity index (χ4n) is 3.61. The predicted octanol–water partition coefficient (Wildman–Crippen LogP) is 1.54. The van der Waals surface area contributed by atoms with Crippen LogP contribution >= 0.6 is 11.3 Å². The third-order valence-corrected chi connectivity index (χ3v) is 8.85. The molecule has 10 heteroatoms. The first kappa shape index (κ1) is 22.2. The van der Waals surface area contributed by atoms with E-state index in [1.807, 2.05) is 0 Å². The second kappa shape index (κ2) is 9.55. The van der Waals surface area contributed by atoms with Gasteiger partial charge in [0.1, 0.15) is 4.21 Å². The van der Waals surface area contributed by atoms with E-state index in [9.17, 15) is 18.0 Å². The lowest BCUT2D eigenvalue weighted by Gasteiger charge is -2.27. The molecule has 2 heterocycles. The summed E-state index contributed by atoms with van der Waals surface area (Å²) in [4.78, 5) is 26.9. The third kappa shape index (κ3) is 5.56. The normalized spacial score (nSPS) is 23.2. The zero-order valence-corrected chi connectivity index (χ0v) is 18.6. The molecule has 1 aliphatic heterocycles. The quantitative estimate of drug-likeness (QED) is 0.719. The van der Waals surface area contributed by atoms with Gasteiger partial charge in [-0.15, -0.1) is 11.3 Å². The van der Waals surface area contributed by atoms with Gasteiger partial charge in [-0.1, -0.05) is 6.92 Å². The first-order valence-electron chi connectivity index (χ1n) is 10.00. The molecule has 2 fully saturated rings. The van der Waals surface area contributed by atoms with Crippen molar-refractivity contribution in [1.82, 2.24) is 14.5 Å². The van der Waals surface area contributed by atoms with Crippen LogP contribution in [0.3, 0.4) is 0 Å². The largest absolute Gasteiger partial charge is 0.378 e. The zero-order chi connectivity index (χ0) is 21.0. The van der Waals surface area contributed by atoms with E-state index in [1.165, 1.54) is 19.2 Å². The van der Waals surface area contributed by atoms with Crippen molar-refractivity contribution in [3.05, 3.63) is 17.0 Å². The van der Waals surface area contributed by atoms with Crippen LogP contribution in [0.4, 0.5) is 0 Å². The summed E-state index contributed by atoms with van der Waals surface area (Å²) in [6.07, 6.45) is 4.02. The molecule has 0 unspecified atom stereocenters. The van der Waals surface area contributed by atoms with Gasteiger partial charge in [-0.25, -0.2) is 8.42 Å². The highest BCUT2D eigenvalue weighted by molar-refractivity contribution is 7.91. The number of morpholine rings is 1. The Morgan fingerprint density at radius 3 is 2.52 bits per heavy atom. The number of thiophene rings is 1. The van der Waals surface area contributed by atoms with Gasteiger partial charge in [0.25, 0.3) is 15.9 Å². The number of rotatable bonds is 6. The fraction of sp³-hybridized carbons (Fsp3) is 0.684. The van der Waals surface area contributed by atoms with Crippen LogP contribution in [0.2, 0.25) is 0 Å². The fourth-order valence-corrected chi connectivity index (χ4v) is 6.23. The van der Waals surface area contributed by atoms with Crippen LogP contribution in [-0.2, 0) is 19.6 Å². The van der Waals surface area contributed by atoms with E-state index in [4.69, 9.17) is 4.74 Å². The van der Waals surface area contributed by atoms with Gasteiger partial charge < -0.3 is 15.0 Å². The highest BCUT2D eigenvalue weighted by Gasteiger charge is 2.28. The van der Waals surface area contributed by atoms with Crippen molar-refractivity contribution in [3.63, 3.8) is 0 Å². The number of nitrogens with one attached hydrogen (secondary N) is 1. The summed E-state index contributed by atoms with van der Waals surface area (Å²) in [6, 6.07) is 3.09. The van der Waals surface area contributed by atoms with E-state index in [0.29, 0.717) is 37.1 Å². The highest BCUT2D eigenvalue weighted by atomic mass is 32.2. The Morgan fingerprint density at radius 1 is 1.21 bits per heavy atom. The van der Waals surface area contributed by atoms with Gasteiger partial charge in [0.2, 0.25) is 5.91 Å². The first-order chi connectivity index (χ1) is 13.8. The molecule has 1 N–H and O–H groups in total. The summed E-state index contributed by atoms with van der Waals surface area (Å²) >= 11 is 0.940. The Kier molecular flexibility index (Phi) is 7.31. The number of likely N-dealkylation sites (N-methyl/N-ethyl adjacent to an activating group) is 1. The number of hydrogen-bond acceptors (Lipinski definition) is 6. The van der Waals surface area contributed by atoms with Gasteiger partial charge in [0.05, 0.1) is 24.6 Å². The second-order valence-corrected chi connectivity index (χ2v) is 11.2. The van der Waals surface area contributed by atoms with E-state index < -0.39 is 10.0 Å². The number of carbonyl (C=O) groups is 2. The Balaban J connectivity index is 1.58. The number of sulfonamides is 1. The van der Waals surface area contributed by atoms with Crippen LogP contribution < -0.4 is 5.32 Å². The summed E-state index contributed by atoms with van der Waals surface area (Å²) in [5, 5.41) is 2.95. The van der Waals surface area contributed by atoms with Crippen molar-refractivity contribution in [2.45, 2.75) is 42.9 Å². The summed E-state index contributed by atoms with van der Waals surface area (Å²) < 4.78 is 32.0. The minimum atomic E-state index is -3.83. The van der Waals surface area contributed by atoms with Crippen LogP contribution in [0.1, 0.15) is 42.3 Å². The first-order valence-corrected chi connectivity index (χ1v) is 12.3. The lowest BCUT2D eigenvalue weighted by molar-refractivity contribution is -0.122. The van der Waals surface area contributed by atoms with Crippen molar-refractivity contribution < 1.29 is 22.7 Å². The van der Waals surface area contributed by atoms with E-state index in [2.05, 4.69) is 12.2 Å². The van der Waals surface area contributed by atoms with E-state index in [-0.39, 0.29) is 28.6 Å². The van der Waals surface area contributed by atoms with Gasteiger partial charge in [-0.3, -0.25) is 9.59 Å². The summed E-state index contributed by atoms with van der Waals surface area (Å²) in [5.74, 6) is 0.197. The summed E-state index contributed by atoms with van der Waals surface area (Å²) in [5.41, 5.74) is 0. The molecule has 0 aromatic carbocycles. The third-order valence-electron chi connectivity index (χ3n) is 5.50. The van der Waals surface area contributed by atoms with Crippen molar-refractivity contribution in [2.75, 3.05) is 39.9 Å². The smallest absolute Gasteiger partial charge is 0.264 e. The number of hydrogen-bond donors (Lipinski definition) is 1. The van der Waals surface area contributed by atoms with Crippen molar-refractivity contribution in [1.29, 1.82) is 0 Å². The van der Waals surface area contributed by atoms with E-state index in [0.717, 1.165) is 41.3 Å². The Morgan fingerprint density at radius 2 is 1.86 bits per heavy atom. The minimum Gasteiger partial charge on any atom is -0.378 e. The van der Waals surface area contributed by atoms with Crippen LogP contribution in [0.25, 0.3) is 0 Å². The average molecular weight is 444 g/mol. The van der Waals surface area contributed by atoms with Gasteiger partial charge in [0, 0.05) is 26.2 Å². The molecule has 0 bridgehead atoms. The zero-order valence-electron chi connectivity index (χ0n) is 16.9. The van der Waals surface area contributed by atoms with Gasteiger partial charge >= 0.3 is 0 Å². The predicted molar refractivity (Wildman–Crippen MR) is 110 cm³/mol. The molecule has 29 heavy (non-hydrogen) atoms. The number of carbonyl (C=O) groups excluding carboxylic acids is 2. The maximum atomic E-state index is 12.8. The SMILES string of the molecule is CC1CCC(NC(=O)CN(C)S(=O)(=O)c2ccc(C(=O)N3CCOCC3)s2)CC1. The van der Waals surface area contributed by atoms with Crippen molar-refractivity contribution >= 4 is 33.2 Å². The standard InChI is InChI=1S/C19H29N3O5S2/c1-14-3-5-15(6-4-14)20-17(23)13-21(2)29(25,26)18-8-7-16(28-18)19(24)22-9-11-27-12-10-22/h7-8,14-15H,3-6,9-13H2,1-2H3,(H,20,23). The number of ether oxygens (including phenoxy) is 1. The van der Waals surface area contributed by atoms with Gasteiger partial charge in [0.15, 0.2) is 0 Å². The molecule has 3 rings (SSSR count). The molecular formula is C19H29N3O5S2. The van der Waals surface area contributed by atoms with E-state index >= 15 is 0 Å². The number of amides is 2. The molecule has 1 saturated heterocycles. The lowest BCUT2D eigenvalue weighted by Crippen LogP contribution is -2.43. The highest BCUT2D eigenvalue weighted by Crippen LogP contribution is 2.26. The maximum Gasteiger partial charge on any atom is 0.264 e. The van der Waals surface area contributed by atoms with E-state index in [1.54, 1.807) is 4.90 Å². The van der Waals surface area contributed by atoms with Crippen molar-refractivity contribution in [2.24, 2.45) is 5.92 Å². The average Bonchev–Trinajstić information content (AvgIpc) is 3.21. The van der Waals surface area contributed by atoms with Crippen LogP contribution in [0.5, 0.6) is 0 Å². The molecule has 1 saturated carbocycles. The Labute approximate surface area is 176 Å². The molecular weight excluding hydrogens is 414 g/mol. The molecule has 2 amide bonds. The molecule has 162 valence electrons. The molecule has 1 aliphatic carbocycles. The van der Waals surface area contributed by atoms with Crippen LogP contribution in [0.15, 0.2) is 16.3 Å². The van der Waals surface area contributed by atoms with Crippen LogP contribution in [-0.4, -0.2) is 75.4 Å². The topological polar surface area (TPSA) is 96.0 Å². The van der Waals surface area contributed by atoms with Crippen LogP contribution in [0, 0.1) is 5.92 Å². The lowest BCUT2D eigenvalue weighted by atomic mass is 9.87. The second-order valence-electron chi connectivity index (χ2n) is 7.81. The molecule has 8 nitrogen and oxygen atoms in total. The Hall–Kier alpha value is -1.49. The van der Waals surface area contributed by atoms with Crippen molar-refractivity contribution in [3.8, 4) is 0 Å². The minimum absolute atomic E-state index is 0.0656. The molecule has 0 spiro atoms. The maximum absolute atomic E-state index is 12.8. The molecule has 0 atom stereocenters. The van der Waals surface area contributed by atoms with Gasteiger partial charge in [-0.05, 0) is 43.7 Å². The summed E-state index contributed by atoms with van der Waals surface area (Å²) in [6.45, 7) is 3.94. The van der Waals surface area contributed by atoms with Gasteiger partial charge in [-0.2, -0.15) is 4.31 Å². The number of nitrogens with zero attached hydrogens (tertiary/aromatic N) is 2. The molecule has 1 aromatic heterocycles. The monoisotopic (exact) mass is 443 g/mol.